The van der Waals surface area contributed by atoms with Crippen LogP contribution in [0.15, 0.2) is 17.5 Å². The predicted octanol–water partition coefficient (Wildman–Crippen LogP) is 3.52. The highest BCUT2D eigenvalue weighted by Crippen LogP contribution is 2.17. The molecule has 0 radical (unpaired) electrons. The van der Waals surface area contributed by atoms with E-state index in [0.29, 0.717) is 6.04 Å². The molecule has 1 rings (SSSR count). The minimum Gasteiger partial charge on any atom is -0.308 e. The van der Waals surface area contributed by atoms with Crippen LogP contribution in [0.3, 0.4) is 0 Å². The first kappa shape index (κ1) is 14.7. The Morgan fingerprint density at radius 1 is 1.35 bits per heavy atom. The van der Waals surface area contributed by atoms with Gasteiger partial charge in [0.1, 0.15) is 0 Å². The molecule has 0 fully saturated rings. The molecule has 1 atom stereocenters. The fourth-order valence-electron chi connectivity index (χ4n) is 1.85. The number of nitrogens with one attached hydrogen (secondary N) is 1. The summed E-state index contributed by atoms with van der Waals surface area (Å²) in [4.78, 5) is 3.85. The maximum Gasteiger partial charge on any atom is 0.0386 e. The summed E-state index contributed by atoms with van der Waals surface area (Å²) < 4.78 is 0. The van der Waals surface area contributed by atoms with Crippen molar-refractivity contribution in [2.24, 2.45) is 0 Å². The van der Waals surface area contributed by atoms with Crippen molar-refractivity contribution in [3.05, 3.63) is 22.4 Å². The van der Waals surface area contributed by atoms with Crippen molar-refractivity contribution >= 4 is 11.3 Å². The Morgan fingerprint density at radius 2 is 2.18 bits per heavy atom. The predicted molar refractivity (Wildman–Crippen MR) is 77.8 cm³/mol. The van der Waals surface area contributed by atoms with E-state index in [1.54, 1.807) is 0 Å². The lowest BCUT2D eigenvalue weighted by Gasteiger charge is -2.18. The van der Waals surface area contributed by atoms with E-state index in [0.717, 1.165) is 13.1 Å². The van der Waals surface area contributed by atoms with Crippen molar-refractivity contribution in [2.75, 3.05) is 26.7 Å². The van der Waals surface area contributed by atoms with Crippen molar-refractivity contribution in [3.8, 4) is 0 Å². The molecule has 2 nitrogen and oxygen atoms in total. The van der Waals surface area contributed by atoms with Crippen molar-refractivity contribution < 1.29 is 0 Å². The average Bonchev–Trinajstić information content (AvgIpc) is 2.82. The highest BCUT2D eigenvalue weighted by Gasteiger charge is 2.05. The van der Waals surface area contributed by atoms with E-state index in [9.17, 15) is 0 Å². The number of hydrogen-bond donors (Lipinski definition) is 1. The molecular formula is C14H26N2S. The van der Waals surface area contributed by atoms with Crippen LogP contribution in [0.5, 0.6) is 0 Å². The molecular weight excluding hydrogens is 228 g/mol. The van der Waals surface area contributed by atoms with Gasteiger partial charge in [0.25, 0.3) is 0 Å². The maximum absolute atomic E-state index is 3.58. The summed E-state index contributed by atoms with van der Waals surface area (Å²) in [5.41, 5.74) is 0. The topological polar surface area (TPSA) is 15.3 Å². The fraction of sp³-hybridized carbons (Fsp3) is 0.714. The third kappa shape index (κ3) is 6.20. The van der Waals surface area contributed by atoms with Gasteiger partial charge < -0.3 is 10.2 Å². The van der Waals surface area contributed by atoms with E-state index in [2.05, 4.69) is 48.6 Å². The molecule has 1 heterocycles. The number of unbranched alkanes of at least 4 members (excludes halogenated alkanes) is 2. The van der Waals surface area contributed by atoms with Gasteiger partial charge in [0.15, 0.2) is 0 Å². The molecule has 0 aliphatic heterocycles. The summed E-state index contributed by atoms with van der Waals surface area (Å²) in [5, 5.41) is 5.72. The number of rotatable bonds is 9. The molecule has 17 heavy (non-hydrogen) atoms. The zero-order valence-electron chi connectivity index (χ0n) is 11.4. The molecule has 0 spiro atoms. The van der Waals surface area contributed by atoms with Gasteiger partial charge in [-0.3, -0.25) is 0 Å². The molecule has 1 aromatic rings. The lowest BCUT2D eigenvalue weighted by atomic mass is 10.2. The highest BCUT2D eigenvalue weighted by atomic mass is 32.1. The molecule has 3 heteroatoms. The molecule has 0 saturated heterocycles. The van der Waals surface area contributed by atoms with Crippen LogP contribution in [-0.4, -0.2) is 31.6 Å². The van der Waals surface area contributed by atoms with E-state index in [1.807, 2.05) is 11.3 Å². The summed E-state index contributed by atoms with van der Waals surface area (Å²) >= 11 is 1.83. The Balaban J connectivity index is 2.06. The van der Waals surface area contributed by atoms with Gasteiger partial charge in [0.2, 0.25) is 0 Å². The third-order valence-electron chi connectivity index (χ3n) is 3.06. The van der Waals surface area contributed by atoms with E-state index in [-0.39, 0.29) is 0 Å². The van der Waals surface area contributed by atoms with Crippen molar-refractivity contribution in [3.63, 3.8) is 0 Å². The summed E-state index contributed by atoms with van der Waals surface area (Å²) in [7, 11) is 2.22. The molecule has 1 unspecified atom stereocenters. The van der Waals surface area contributed by atoms with E-state index < -0.39 is 0 Å². The molecule has 0 aromatic carbocycles. The standard InChI is InChI=1S/C14H26N2S/c1-4-5-6-10-16(3)11-9-15-13(2)14-8-7-12-17-14/h7-8,12-13,15H,4-6,9-11H2,1-3H3. The Hall–Kier alpha value is -0.380. The number of thiophene rings is 1. The van der Waals surface area contributed by atoms with Gasteiger partial charge in [-0.25, -0.2) is 0 Å². The number of nitrogens with zero attached hydrogens (tertiary/aromatic N) is 1. The number of likely N-dealkylation sites (N-methyl/N-ethyl adjacent to an activating group) is 1. The lowest BCUT2D eigenvalue weighted by Crippen LogP contribution is -2.31. The number of hydrogen-bond acceptors (Lipinski definition) is 3. The minimum atomic E-state index is 0.485. The fourth-order valence-corrected chi connectivity index (χ4v) is 2.61. The zero-order chi connectivity index (χ0) is 12.5. The second kappa shape index (κ2) is 8.67. The normalized spacial score (nSPS) is 13.2. The monoisotopic (exact) mass is 254 g/mol. The molecule has 1 N–H and O–H groups in total. The van der Waals surface area contributed by atoms with Crippen LogP contribution in [0, 0.1) is 0 Å². The highest BCUT2D eigenvalue weighted by molar-refractivity contribution is 7.10. The summed E-state index contributed by atoms with van der Waals surface area (Å²) in [6.07, 6.45) is 3.98. The third-order valence-corrected chi connectivity index (χ3v) is 4.11. The van der Waals surface area contributed by atoms with E-state index >= 15 is 0 Å². The Labute approximate surface area is 110 Å². The Morgan fingerprint density at radius 3 is 2.82 bits per heavy atom. The van der Waals surface area contributed by atoms with Gasteiger partial charge in [-0.15, -0.1) is 11.3 Å². The van der Waals surface area contributed by atoms with Crippen molar-refractivity contribution in [1.82, 2.24) is 10.2 Å². The quantitative estimate of drug-likeness (QED) is 0.678. The Bertz CT molecular complexity index is 272. The van der Waals surface area contributed by atoms with Gasteiger partial charge in [0.05, 0.1) is 0 Å². The summed E-state index contributed by atoms with van der Waals surface area (Å²) in [6, 6.07) is 4.81. The second-order valence-corrected chi connectivity index (χ2v) is 5.68. The maximum atomic E-state index is 3.58. The molecule has 0 saturated carbocycles. The van der Waals surface area contributed by atoms with Crippen LogP contribution in [0.2, 0.25) is 0 Å². The van der Waals surface area contributed by atoms with Crippen LogP contribution in [0.1, 0.15) is 44.0 Å². The first-order valence-electron chi connectivity index (χ1n) is 6.69. The average molecular weight is 254 g/mol. The van der Waals surface area contributed by atoms with Gasteiger partial charge in [-0.05, 0) is 38.4 Å². The molecule has 98 valence electrons. The van der Waals surface area contributed by atoms with Crippen LogP contribution in [0.25, 0.3) is 0 Å². The molecule has 0 amide bonds. The van der Waals surface area contributed by atoms with Gasteiger partial charge in [-0.1, -0.05) is 25.8 Å². The summed E-state index contributed by atoms with van der Waals surface area (Å²) in [5.74, 6) is 0. The SMILES string of the molecule is CCCCCN(C)CCNC(C)c1cccs1. The van der Waals surface area contributed by atoms with Gasteiger partial charge in [-0.2, -0.15) is 0 Å². The van der Waals surface area contributed by atoms with E-state index in [4.69, 9.17) is 0 Å². The summed E-state index contributed by atoms with van der Waals surface area (Å²) in [6.45, 7) is 7.93. The molecule has 0 bridgehead atoms. The molecule has 1 aromatic heterocycles. The first-order valence-corrected chi connectivity index (χ1v) is 7.57. The smallest absolute Gasteiger partial charge is 0.0386 e. The minimum absolute atomic E-state index is 0.485. The molecule has 0 aliphatic carbocycles. The zero-order valence-corrected chi connectivity index (χ0v) is 12.2. The van der Waals surface area contributed by atoms with Crippen LogP contribution < -0.4 is 5.32 Å². The lowest BCUT2D eigenvalue weighted by molar-refractivity contribution is 0.318. The van der Waals surface area contributed by atoms with Gasteiger partial charge >= 0.3 is 0 Å². The van der Waals surface area contributed by atoms with E-state index in [1.165, 1.54) is 30.7 Å². The largest absolute Gasteiger partial charge is 0.308 e. The van der Waals surface area contributed by atoms with Crippen LogP contribution in [-0.2, 0) is 0 Å². The van der Waals surface area contributed by atoms with Crippen LogP contribution >= 0.6 is 11.3 Å². The first-order chi connectivity index (χ1) is 8.24. The van der Waals surface area contributed by atoms with Crippen molar-refractivity contribution in [2.45, 2.75) is 39.2 Å². The Kier molecular flexibility index (Phi) is 7.49. The van der Waals surface area contributed by atoms with Crippen molar-refractivity contribution in [1.29, 1.82) is 0 Å². The van der Waals surface area contributed by atoms with Crippen LogP contribution in [0.4, 0.5) is 0 Å². The second-order valence-electron chi connectivity index (χ2n) is 4.70. The molecule has 0 aliphatic rings. The van der Waals surface area contributed by atoms with Gasteiger partial charge in [0, 0.05) is 24.0 Å².